The van der Waals surface area contributed by atoms with Crippen LogP contribution in [0.15, 0.2) is 35.1 Å². The van der Waals surface area contributed by atoms with E-state index in [2.05, 4.69) is 25.9 Å². The second kappa shape index (κ2) is 4.29. The highest BCUT2D eigenvalue weighted by Gasteiger charge is 2.02. The average Bonchev–Trinajstić information content (AvgIpc) is 2.17. The Morgan fingerprint density at radius 1 is 1.13 bits per heavy atom. The van der Waals surface area contributed by atoms with Crippen LogP contribution < -0.4 is 0 Å². The van der Waals surface area contributed by atoms with Crippen LogP contribution in [0.4, 0.5) is 0 Å². The monoisotopic (exact) mass is 282 g/mol. The molecule has 0 fully saturated rings. The van der Waals surface area contributed by atoms with Crippen molar-refractivity contribution in [2.75, 3.05) is 0 Å². The third-order valence-corrected chi connectivity index (χ3v) is 2.57. The lowest BCUT2D eigenvalue weighted by Crippen LogP contribution is -1.90. The first kappa shape index (κ1) is 10.6. The average molecular weight is 284 g/mol. The number of hydrogen-bond donors (Lipinski definition) is 0. The molecule has 0 radical (unpaired) electrons. The molecule has 0 saturated heterocycles. The zero-order valence-electron chi connectivity index (χ0n) is 8.04. The summed E-state index contributed by atoms with van der Waals surface area (Å²) in [4.78, 5) is 8.45. The first-order valence-corrected chi connectivity index (χ1v) is 5.59. The van der Waals surface area contributed by atoms with Crippen molar-refractivity contribution in [2.24, 2.45) is 0 Å². The van der Waals surface area contributed by atoms with Crippen LogP contribution in [0.3, 0.4) is 0 Å². The smallest absolute Gasteiger partial charge is 0.197 e. The van der Waals surface area contributed by atoms with Gasteiger partial charge in [-0.05, 0) is 41.1 Å². The summed E-state index contributed by atoms with van der Waals surface area (Å²) in [5.41, 5.74) is 2.86. The van der Waals surface area contributed by atoms with Crippen LogP contribution in [-0.2, 0) is 0 Å². The molecule has 4 heteroatoms. The second-order valence-electron chi connectivity index (χ2n) is 3.17. The zero-order chi connectivity index (χ0) is 10.8. The van der Waals surface area contributed by atoms with Crippen LogP contribution in [0.1, 0.15) is 5.69 Å². The summed E-state index contributed by atoms with van der Waals surface area (Å²) in [5, 5.41) is 0.726. The summed E-state index contributed by atoms with van der Waals surface area (Å²) in [6.07, 6.45) is 0. The topological polar surface area (TPSA) is 25.8 Å². The van der Waals surface area contributed by atoms with Gasteiger partial charge in [0.25, 0.3) is 0 Å². The van der Waals surface area contributed by atoms with Gasteiger partial charge in [-0.2, -0.15) is 0 Å². The van der Waals surface area contributed by atoms with Crippen molar-refractivity contribution in [1.82, 2.24) is 9.97 Å². The standard InChI is InChI=1S/C11H8BrClN2/c1-7-6-10(15-11(12)14-7)8-2-4-9(13)5-3-8/h2-6H,1H3. The van der Waals surface area contributed by atoms with E-state index in [4.69, 9.17) is 11.6 Å². The number of aryl methyl sites for hydroxylation is 1. The van der Waals surface area contributed by atoms with Gasteiger partial charge in [0.15, 0.2) is 4.73 Å². The van der Waals surface area contributed by atoms with Gasteiger partial charge in [0.2, 0.25) is 0 Å². The zero-order valence-corrected chi connectivity index (χ0v) is 10.4. The summed E-state index contributed by atoms with van der Waals surface area (Å²) in [5.74, 6) is 0. The van der Waals surface area contributed by atoms with E-state index in [0.717, 1.165) is 22.0 Å². The highest BCUT2D eigenvalue weighted by Crippen LogP contribution is 2.21. The predicted molar refractivity (Wildman–Crippen MR) is 64.9 cm³/mol. The molecular weight excluding hydrogens is 275 g/mol. The Balaban J connectivity index is 2.49. The molecule has 0 saturated carbocycles. The molecule has 0 aliphatic rings. The van der Waals surface area contributed by atoms with Gasteiger partial charge in [-0.1, -0.05) is 23.7 Å². The van der Waals surface area contributed by atoms with Crippen LogP contribution in [-0.4, -0.2) is 9.97 Å². The van der Waals surface area contributed by atoms with Gasteiger partial charge in [0.1, 0.15) is 0 Å². The van der Waals surface area contributed by atoms with E-state index in [1.54, 1.807) is 0 Å². The van der Waals surface area contributed by atoms with Gasteiger partial charge in [0, 0.05) is 16.3 Å². The van der Waals surface area contributed by atoms with Crippen LogP contribution in [0, 0.1) is 6.92 Å². The van der Waals surface area contributed by atoms with Gasteiger partial charge in [-0.25, -0.2) is 9.97 Å². The van der Waals surface area contributed by atoms with Crippen molar-refractivity contribution in [1.29, 1.82) is 0 Å². The van der Waals surface area contributed by atoms with Gasteiger partial charge in [-0.3, -0.25) is 0 Å². The Morgan fingerprint density at radius 3 is 2.40 bits per heavy atom. The molecule has 0 aliphatic carbocycles. The van der Waals surface area contributed by atoms with Crippen molar-refractivity contribution in [3.8, 4) is 11.3 Å². The molecule has 76 valence electrons. The fraction of sp³-hybridized carbons (Fsp3) is 0.0909. The van der Waals surface area contributed by atoms with Crippen molar-refractivity contribution in [3.63, 3.8) is 0 Å². The SMILES string of the molecule is Cc1cc(-c2ccc(Cl)cc2)nc(Br)n1. The molecule has 15 heavy (non-hydrogen) atoms. The largest absolute Gasteiger partial charge is 0.227 e. The summed E-state index contributed by atoms with van der Waals surface area (Å²) in [7, 11) is 0. The number of nitrogens with zero attached hydrogens (tertiary/aromatic N) is 2. The Morgan fingerprint density at radius 2 is 1.80 bits per heavy atom. The Kier molecular flexibility index (Phi) is 3.03. The number of rotatable bonds is 1. The first-order valence-electron chi connectivity index (χ1n) is 4.42. The molecule has 0 spiro atoms. The second-order valence-corrected chi connectivity index (χ2v) is 4.32. The molecule has 0 aliphatic heterocycles. The van der Waals surface area contributed by atoms with Crippen molar-refractivity contribution in [2.45, 2.75) is 6.92 Å². The lowest BCUT2D eigenvalue weighted by atomic mass is 10.1. The third-order valence-electron chi connectivity index (χ3n) is 1.97. The summed E-state index contributed by atoms with van der Waals surface area (Å²) < 4.78 is 0.604. The minimum atomic E-state index is 0.604. The normalized spacial score (nSPS) is 10.3. The van der Waals surface area contributed by atoms with Crippen molar-refractivity contribution in [3.05, 3.63) is 45.8 Å². The molecule has 2 aromatic rings. The maximum absolute atomic E-state index is 5.82. The maximum atomic E-state index is 5.82. The van der Waals surface area contributed by atoms with Gasteiger partial charge < -0.3 is 0 Å². The lowest BCUT2D eigenvalue weighted by molar-refractivity contribution is 1.06. The predicted octanol–water partition coefficient (Wildman–Crippen LogP) is 3.87. The maximum Gasteiger partial charge on any atom is 0.197 e. The summed E-state index contributed by atoms with van der Waals surface area (Å²) >= 11 is 9.10. The highest BCUT2D eigenvalue weighted by molar-refractivity contribution is 9.10. The van der Waals surface area contributed by atoms with E-state index in [1.807, 2.05) is 37.3 Å². The van der Waals surface area contributed by atoms with Crippen molar-refractivity contribution < 1.29 is 0 Å². The van der Waals surface area contributed by atoms with Crippen molar-refractivity contribution >= 4 is 27.5 Å². The number of hydrogen-bond acceptors (Lipinski definition) is 2. The van der Waals surface area contributed by atoms with E-state index in [0.29, 0.717) is 4.73 Å². The molecule has 0 N–H and O–H groups in total. The minimum absolute atomic E-state index is 0.604. The highest BCUT2D eigenvalue weighted by atomic mass is 79.9. The molecular formula is C11H8BrClN2. The number of benzene rings is 1. The van der Waals surface area contributed by atoms with Gasteiger partial charge in [0.05, 0.1) is 5.69 Å². The van der Waals surface area contributed by atoms with Gasteiger partial charge in [-0.15, -0.1) is 0 Å². The Labute approximate surface area is 101 Å². The Hall–Kier alpha value is -0.930. The number of halogens is 2. The molecule has 0 amide bonds. The molecule has 2 rings (SSSR count). The molecule has 0 bridgehead atoms. The van der Waals surface area contributed by atoms with E-state index in [9.17, 15) is 0 Å². The van der Waals surface area contributed by atoms with E-state index in [1.165, 1.54) is 0 Å². The Bertz CT molecular complexity index is 462. The van der Waals surface area contributed by atoms with Crippen LogP contribution >= 0.6 is 27.5 Å². The van der Waals surface area contributed by atoms with Crippen LogP contribution in [0.25, 0.3) is 11.3 Å². The van der Waals surface area contributed by atoms with Crippen LogP contribution in [0.2, 0.25) is 5.02 Å². The fourth-order valence-corrected chi connectivity index (χ4v) is 1.90. The number of aromatic nitrogens is 2. The minimum Gasteiger partial charge on any atom is -0.227 e. The molecule has 1 aromatic heterocycles. The first-order chi connectivity index (χ1) is 7.15. The third kappa shape index (κ3) is 2.55. The van der Waals surface area contributed by atoms with Gasteiger partial charge >= 0.3 is 0 Å². The van der Waals surface area contributed by atoms with E-state index >= 15 is 0 Å². The summed E-state index contributed by atoms with van der Waals surface area (Å²) in [6, 6.07) is 9.52. The molecule has 1 heterocycles. The lowest BCUT2D eigenvalue weighted by Gasteiger charge is -2.02. The molecule has 1 aromatic carbocycles. The molecule has 0 atom stereocenters. The quantitative estimate of drug-likeness (QED) is 0.743. The van der Waals surface area contributed by atoms with Crippen LogP contribution in [0.5, 0.6) is 0 Å². The molecule has 0 unspecified atom stereocenters. The summed E-state index contributed by atoms with van der Waals surface area (Å²) in [6.45, 7) is 1.94. The molecule has 2 nitrogen and oxygen atoms in total. The fourth-order valence-electron chi connectivity index (χ4n) is 1.30. The van der Waals surface area contributed by atoms with E-state index < -0.39 is 0 Å². The van der Waals surface area contributed by atoms with E-state index in [-0.39, 0.29) is 0 Å².